The van der Waals surface area contributed by atoms with Crippen LogP contribution >= 0.6 is 0 Å². The average molecular weight is 308 g/mol. The Morgan fingerprint density at radius 1 is 1.05 bits per heavy atom. The van der Waals surface area contributed by atoms with Crippen molar-refractivity contribution in [1.82, 2.24) is 4.90 Å². The Balaban J connectivity index is 5.65. The van der Waals surface area contributed by atoms with Crippen LogP contribution in [0.25, 0.3) is 0 Å². The minimum Gasteiger partial charge on any atom is -0.337 e. The van der Waals surface area contributed by atoms with Crippen LogP contribution in [-0.2, 0) is 4.79 Å². The Hall–Kier alpha value is -1.01. The fraction of sp³-hybridized carbons (Fsp3) is 0.800. The van der Waals surface area contributed by atoms with E-state index in [9.17, 15) is 4.79 Å². The third kappa shape index (κ3) is 5.32. The lowest BCUT2D eigenvalue weighted by molar-refractivity contribution is -0.145. The van der Waals surface area contributed by atoms with Crippen LogP contribution in [0.4, 0.5) is 0 Å². The third-order valence-corrected chi connectivity index (χ3v) is 4.55. The number of hydrogen-bond acceptors (Lipinski definition) is 1. The Kier molecular flexibility index (Phi) is 7.16. The zero-order valence-electron chi connectivity index (χ0n) is 16.4. The van der Waals surface area contributed by atoms with Crippen molar-refractivity contribution in [3.8, 4) is 0 Å². The summed E-state index contributed by atoms with van der Waals surface area (Å²) in [4.78, 5) is 15.4. The molecular weight excluding hydrogens is 270 g/mol. The fourth-order valence-electron chi connectivity index (χ4n) is 2.69. The van der Waals surface area contributed by atoms with Crippen LogP contribution in [0.1, 0.15) is 81.6 Å². The predicted octanol–water partition coefficient (Wildman–Crippen LogP) is 5.59. The number of hydrogen-bond donors (Lipinski definition) is 0. The van der Waals surface area contributed by atoms with Crippen molar-refractivity contribution in [2.45, 2.75) is 87.1 Å². The van der Waals surface area contributed by atoms with Crippen LogP contribution in [0.15, 0.2) is 17.9 Å². The van der Waals surface area contributed by atoms with E-state index >= 15 is 0 Å². The first kappa shape index (κ1) is 21.0. The first-order valence-corrected chi connectivity index (χ1v) is 8.55. The van der Waals surface area contributed by atoms with Crippen LogP contribution in [0.2, 0.25) is 0 Å². The highest BCUT2D eigenvalue weighted by atomic mass is 16.2. The van der Waals surface area contributed by atoms with Crippen molar-refractivity contribution < 1.29 is 4.79 Å². The van der Waals surface area contributed by atoms with E-state index in [1.54, 1.807) is 0 Å². The molecule has 0 N–H and O–H groups in total. The molecule has 0 radical (unpaired) electrons. The van der Waals surface area contributed by atoms with Gasteiger partial charge in [0.25, 0.3) is 0 Å². The molecule has 0 aliphatic heterocycles. The van der Waals surface area contributed by atoms with Gasteiger partial charge >= 0.3 is 0 Å². The molecule has 2 nitrogen and oxygen atoms in total. The summed E-state index contributed by atoms with van der Waals surface area (Å²) < 4.78 is 0. The summed E-state index contributed by atoms with van der Waals surface area (Å²) in [6.07, 6.45) is 2.59. The van der Waals surface area contributed by atoms with Gasteiger partial charge in [0.05, 0.1) is 5.41 Å². The van der Waals surface area contributed by atoms with Crippen molar-refractivity contribution in [2.75, 3.05) is 6.54 Å². The van der Waals surface area contributed by atoms with Gasteiger partial charge in [-0.1, -0.05) is 41.2 Å². The number of carbonyl (C=O) groups excluding carboxylic acids is 1. The van der Waals surface area contributed by atoms with E-state index in [0.717, 1.165) is 31.4 Å². The summed E-state index contributed by atoms with van der Waals surface area (Å²) in [5, 5.41) is 0. The smallest absolute Gasteiger partial charge is 0.233 e. The molecule has 128 valence electrons. The van der Waals surface area contributed by atoms with E-state index in [4.69, 9.17) is 0 Å². The second kappa shape index (κ2) is 7.51. The molecule has 0 bridgehead atoms. The van der Waals surface area contributed by atoms with Crippen LogP contribution in [0, 0.1) is 10.8 Å². The maximum Gasteiger partial charge on any atom is 0.233 e. The number of amides is 1. The highest BCUT2D eigenvalue weighted by Crippen LogP contribution is 2.37. The first-order chi connectivity index (χ1) is 9.83. The molecule has 0 aromatic heterocycles. The van der Waals surface area contributed by atoms with Crippen LogP contribution in [0.3, 0.4) is 0 Å². The van der Waals surface area contributed by atoms with Gasteiger partial charge < -0.3 is 4.90 Å². The van der Waals surface area contributed by atoms with Gasteiger partial charge in [-0.2, -0.15) is 0 Å². The molecule has 1 atom stereocenters. The third-order valence-electron chi connectivity index (χ3n) is 4.55. The zero-order valence-corrected chi connectivity index (χ0v) is 16.4. The van der Waals surface area contributed by atoms with Crippen molar-refractivity contribution in [3.63, 3.8) is 0 Å². The highest BCUT2D eigenvalue weighted by Gasteiger charge is 2.41. The summed E-state index contributed by atoms with van der Waals surface area (Å²) in [6, 6.07) is 0. The number of nitrogens with zero attached hydrogens (tertiary/aromatic N) is 1. The molecule has 0 spiro atoms. The van der Waals surface area contributed by atoms with Gasteiger partial charge in [-0.15, -0.1) is 5.73 Å². The lowest BCUT2D eigenvalue weighted by atomic mass is 9.76. The monoisotopic (exact) mass is 307 g/mol. The molecule has 0 heterocycles. The highest BCUT2D eigenvalue weighted by molar-refractivity contribution is 5.86. The largest absolute Gasteiger partial charge is 0.337 e. The molecule has 1 unspecified atom stereocenters. The molecule has 0 aromatic rings. The molecule has 2 heteroatoms. The van der Waals surface area contributed by atoms with Gasteiger partial charge in [0, 0.05) is 12.1 Å². The molecular formula is C20H37NO. The second-order valence-corrected chi connectivity index (χ2v) is 8.63. The lowest BCUT2D eigenvalue weighted by Gasteiger charge is -2.43. The minimum absolute atomic E-state index is 0.182. The van der Waals surface area contributed by atoms with Crippen molar-refractivity contribution in [3.05, 3.63) is 17.9 Å². The molecule has 1 amide bonds. The van der Waals surface area contributed by atoms with Gasteiger partial charge in [-0.3, -0.25) is 4.79 Å². The normalized spacial score (nSPS) is 15.0. The number of rotatable bonds is 6. The maximum atomic E-state index is 13.4. The Morgan fingerprint density at radius 3 is 1.82 bits per heavy atom. The standard InChI is InChI=1S/C20H37NO/c1-11-16(12-2)20(10,13-3)17(22)21(19(7,8)9)15-14-18(4,5)6/h1,12-15H2,2-10H3. The lowest BCUT2D eigenvalue weighted by Crippen LogP contribution is -2.52. The van der Waals surface area contributed by atoms with Gasteiger partial charge in [0.2, 0.25) is 5.91 Å². The summed E-state index contributed by atoms with van der Waals surface area (Å²) >= 11 is 0. The maximum absolute atomic E-state index is 13.4. The average Bonchev–Trinajstić information content (AvgIpc) is 2.36. The second-order valence-electron chi connectivity index (χ2n) is 8.63. The molecule has 0 aromatic carbocycles. The molecule has 0 aliphatic rings. The van der Waals surface area contributed by atoms with E-state index in [1.165, 1.54) is 0 Å². The van der Waals surface area contributed by atoms with E-state index in [1.807, 2.05) is 6.92 Å². The predicted molar refractivity (Wildman–Crippen MR) is 96.9 cm³/mol. The molecule has 0 saturated carbocycles. The van der Waals surface area contributed by atoms with Gasteiger partial charge in [-0.25, -0.2) is 0 Å². The molecule has 22 heavy (non-hydrogen) atoms. The van der Waals surface area contributed by atoms with Crippen molar-refractivity contribution in [1.29, 1.82) is 0 Å². The summed E-state index contributed by atoms with van der Waals surface area (Å²) in [5.74, 6) is 0.208. The summed E-state index contributed by atoms with van der Waals surface area (Å²) in [7, 11) is 0. The van der Waals surface area contributed by atoms with Crippen LogP contribution in [-0.4, -0.2) is 22.9 Å². The Bertz CT molecular complexity index is 430. The van der Waals surface area contributed by atoms with Gasteiger partial charge in [-0.05, 0) is 57.9 Å². The van der Waals surface area contributed by atoms with E-state index in [-0.39, 0.29) is 16.9 Å². The molecule has 0 saturated heterocycles. The van der Waals surface area contributed by atoms with Crippen molar-refractivity contribution >= 4 is 5.91 Å². The fourth-order valence-corrected chi connectivity index (χ4v) is 2.69. The van der Waals surface area contributed by atoms with E-state index in [0.29, 0.717) is 0 Å². The Morgan fingerprint density at radius 2 is 1.55 bits per heavy atom. The summed E-state index contributed by atoms with van der Waals surface area (Å²) in [5.41, 5.74) is 3.58. The molecule has 0 rings (SSSR count). The zero-order chi connectivity index (χ0) is 17.8. The van der Waals surface area contributed by atoms with E-state index < -0.39 is 5.41 Å². The first-order valence-electron chi connectivity index (χ1n) is 8.55. The topological polar surface area (TPSA) is 20.3 Å². The van der Waals surface area contributed by atoms with Crippen LogP contribution < -0.4 is 0 Å². The quantitative estimate of drug-likeness (QED) is 0.586. The minimum atomic E-state index is -0.498. The number of carbonyl (C=O) groups is 1. The SMILES string of the molecule is C=C=C(CC)C(C)(CC)C(=O)N(CCC(C)(C)C)C(C)(C)C. The van der Waals surface area contributed by atoms with Crippen LogP contribution in [0.5, 0.6) is 0 Å². The molecule has 0 aliphatic carbocycles. The summed E-state index contributed by atoms with van der Waals surface area (Å²) in [6.45, 7) is 23.8. The van der Waals surface area contributed by atoms with Crippen molar-refractivity contribution in [2.24, 2.45) is 10.8 Å². The molecule has 0 fully saturated rings. The van der Waals surface area contributed by atoms with E-state index in [2.05, 4.69) is 72.6 Å². The van der Waals surface area contributed by atoms with Gasteiger partial charge in [0.1, 0.15) is 0 Å². The van der Waals surface area contributed by atoms with Gasteiger partial charge in [0.15, 0.2) is 0 Å². The Labute approximate surface area is 138 Å².